The molecule has 1 aromatic heterocycles. The molecule has 1 aliphatic rings. The molecule has 1 aliphatic heterocycles. The molecular formula is C13H21F3N6O. The normalized spacial score (nSPS) is 17.2. The number of aromatic amines is 1. The zero-order chi connectivity index (χ0) is 16.9. The molecule has 0 saturated carbocycles. The molecule has 2 amide bonds. The van der Waals surface area contributed by atoms with Crippen molar-refractivity contribution in [1.82, 2.24) is 30.3 Å². The van der Waals surface area contributed by atoms with Gasteiger partial charge in [0.2, 0.25) is 0 Å². The van der Waals surface area contributed by atoms with Crippen LogP contribution in [-0.4, -0.2) is 70.4 Å². The van der Waals surface area contributed by atoms with Crippen molar-refractivity contribution in [3.8, 4) is 0 Å². The number of alkyl halides is 3. The van der Waals surface area contributed by atoms with Gasteiger partial charge >= 0.3 is 12.2 Å². The summed E-state index contributed by atoms with van der Waals surface area (Å²) < 4.78 is 37.0. The molecule has 1 saturated heterocycles. The van der Waals surface area contributed by atoms with Crippen molar-refractivity contribution in [3.05, 3.63) is 12.2 Å². The number of piperidine rings is 1. The van der Waals surface area contributed by atoms with Gasteiger partial charge in [-0.3, -0.25) is 10.00 Å². The Bertz CT molecular complexity index is 484. The summed E-state index contributed by atoms with van der Waals surface area (Å²) in [7, 11) is 1.64. The molecule has 0 bridgehead atoms. The Morgan fingerprint density at radius 2 is 2.17 bits per heavy atom. The summed E-state index contributed by atoms with van der Waals surface area (Å²) in [5, 5.41) is 9.19. The van der Waals surface area contributed by atoms with E-state index in [-0.39, 0.29) is 11.9 Å². The van der Waals surface area contributed by atoms with Gasteiger partial charge in [0.25, 0.3) is 0 Å². The van der Waals surface area contributed by atoms with Gasteiger partial charge in [-0.1, -0.05) is 0 Å². The van der Waals surface area contributed by atoms with Gasteiger partial charge in [-0.25, -0.2) is 9.78 Å². The maximum atomic E-state index is 12.3. The fourth-order valence-corrected chi connectivity index (χ4v) is 2.57. The van der Waals surface area contributed by atoms with Crippen LogP contribution in [0, 0.1) is 5.92 Å². The number of hydrogen-bond acceptors (Lipinski definition) is 4. The lowest BCUT2D eigenvalue weighted by molar-refractivity contribution is -0.148. The van der Waals surface area contributed by atoms with Crippen LogP contribution in [-0.2, 0) is 6.54 Å². The number of carbonyl (C=O) groups is 1. The minimum absolute atomic E-state index is 0.210. The van der Waals surface area contributed by atoms with Gasteiger partial charge in [0.1, 0.15) is 12.2 Å². The van der Waals surface area contributed by atoms with E-state index in [2.05, 4.69) is 20.5 Å². The number of urea groups is 1. The van der Waals surface area contributed by atoms with Crippen LogP contribution in [0.3, 0.4) is 0 Å². The molecule has 2 rings (SSSR count). The third-order valence-electron chi connectivity index (χ3n) is 3.85. The number of H-pyrrole nitrogens is 1. The predicted octanol–water partition coefficient (Wildman–Crippen LogP) is 1.22. The summed E-state index contributed by atoms with van der Waals surface area (Å²) in [4.78, 5) is 18.8. The number of carbonyl (C=O) groups excluding carboxylic acids is 1. The lowest BCUT2D eigenvalue weighted by Gasteiger charge is -2.32. The summed E-state index contributed by atoms with van der Waals surface area (Å²) in [6.07, 6.45) is -1.47. The van der Waals surface area contributed by atoms with Crippen LogP contribution in [0.15, 0.2) is 6.33 Å². The van der Waals surface area contributed by atoms with E-state index in [1.165, 1.54) is 16.1 Å². The molecule has 0 radical (unpaired) electrons. The smallest absolute Gasteiger partial charge is 0.338 e. The fourth-order valence-electron chi connectivity index (χ4n) is 2.57. The van der Waals surface area contributed by atoms with Gasteiger partial charge in [-0.2, -0.15) is 18.3 Å². The summed E-state index contributed by atoms with van der Waals surface area (Å²) in [5.74, 6) is 0.797. The Morgan fingerprint density at radius 3 is 2.74 bits per heavy atom. The minimum Gasteiger partial charge on any atom is -0.338 e. The van der Waals surface area contributed by atoms with Gasteiger partial charge in [0.15, 0.2) is 0 Å². The van der Waals surface area contributed by atoms with Crippen molar-refractivity contribution >= 4 is 6.03 Å². The molecule has 2 N–H and O–H groups in total. The molecule has 1 aromatic rings. The number of halogens is 3. The first-order valence-electron chi connectivity index (χ1n) is 7.46. The highest BCUT2D eigenvalue weighted by molar-refractivity contribution is 5.73. The first-order chi connectivity index (χ1) is 10.8. The van der Waals surface area contributed by atoms with Gasteiger partial charge < -0.3 is 10.2 Å². The number of nitrogens with one attached hydrogen (secondary N) is 2. The first kappa shape index (κ1) is 17.5. The molecular weight excluding hydrogens is 313 g/mol. The molecule has 0 unspecified atom stereocenters. The van der Waals surface area contributed by atoms with Crippen molar-refractivity contribution < 1.29 is 18.0 Å². The van der Waals surface area contributed by atoms with Crippen molar-refractivity contribution in [2.45, 2.75) is 25.6 Å². The molecule has 2 heterocycles. The lowest BCUT2D eigenvalue weighted by Crippen LogP contribution is -2.44. The van der Waals surface area contributed by atoms with E-state index < -0.39 is 12.7 Å². The van der Waals surface area contributed by atoms with E-state index in [0.717, 1.165) is 0 Å². The van der Waals surface area contributed by atoms with Gasteiger partial charge in [0.05, 0.1) is 13.1 Å². The monoisotopic (exact) mass is 334 g/mol. The fraction of sp³-hybridized carbons (Fsp3) is 0.769. The van der Waals surface area contributed by atoms with Gasteiger partial charge in [0, 0.05) is 13.6 Å². The van der Waals surface area contributed by atoms with Crippen LogP contribution in [0.25, 0.3) is 0 Å². The van der Waals surface area contributed by atoms with Crippen molar-refractivity contribution in [1.29, 1.82) is 0 Å². The second kappa shape index (κ2) is 7.62. The molecule has 130 valence electrons. The second-order valence-electron chi connectivity index (χ2n) is 5.81. The second-order valence-corrected chi connectivity index (χ2v) is 5.81. The van der Waals surface area contributed by atoms with Crippen LogP contribution >= 0.6 is 0 Å². The standard InChI is InChI=1S/C13H21F3N6O/c1-21(7-11-18-9-19-20-11)12(23)17-6-10-2-4-22(5-3-10)8-13(14,15)16/h9-10H,2-8H2,1H3,(H,17,23)(H,18,19,20). The van der Waals surface area contributed by atoms with E-state index in [1.54, 1.807) is 7.05 Å². The summed E-state index contributed by atoms with van der Waals surface area (Å²) in [5.41, 5.74) is 0. The number of nitrogens with zero attached hydrogens (tertiary/aromatic N) is 4. The highest BCUT2D eigenvalue weighted by Gasteiger charge is 2.32. The number of rotatable bonds is 5. The highest BCUT2D eigenvalue weighted by Crippen LogP contribution is 2.22. The maximum Gasteiger partial charge on any atom is 0.401 e. The first-order valence-corrected chi connectivity index (χ1v) is 7.46. The Labute approximate surface area is 132 Å². The largest absolute Gasteiger partial charge is 0.401 e. The molecule has 0 aromatic carbocycles. The lowest BCUT2D eigenvalue weighted by atomic mass is 9.97. The molecule has 7 nitrogen and oxygen atoms in total. The average molecular weight is 334 g/mol. The Hall–Kier alpha value is -1.84. The molecule has 10 heteroatoms. The molecule has 0 atom stereocenters. The number of aromatic nitrogens is 3. The SMILES string of the molecule is CN(Cc1ncn[nH]1)C(=O)NCC1CCN(CC(F)(F)F)CC1. The van der Waals surface area contributed by atoms with E-state index in [9.17, 15) is 18.0 Å². The molecule has 0 aliphatic carbocycles. The summed E-state index contributed by atoms with van der Waals surface area (Å²) >= 11 is 0. The summed E-state index contributed by atoms with van der Waals surface area (Å²) in [6, 6.07) is -0.237. The van der Waals surface area contributed by atoms with Crippen LogP contribution in [0.1, 0.15) is 18.7 Å². The van der Waals surface area contributed by atoms with Crippen molar-refractivity contribution in [2.24, 2.45) is 5.92 Å². The quantitative estimate of drug-likeness (QED) is 0.849. The van der Waals surface area contributed by atoms with Crippen LogP contribution in [0.4, 0.5) is 18.0 Å². The number of hydrogen-bond donors (Lipinski definition) is 2. The van der Waals surface area contributed by atoms with E-state index in [0.29, 0.717) is 44.8 Å². The third kappa shape index (κ3) is 6.05. The minimum atomic E-state index is -4.15. The van der Waals surface area contributed by atoms with E-state index in [4.69, 9.17) is 0 Å². The highest BCUT2D eigenvalue weighted by atomic mass is 19.4. The Kier molecular flexibility index (Phi) is 5.80. The van der Waals surface area contributed by atoms with Crippen molar-refractivity contribution in [2.75, 3.05) is 33.2 Å². The molecule has 23 heavy (non-hydrogen) atoms. The van der Waals surface area contributed by atoms with Crippen molar-refractivity contribution in [3.63, 3.8) is 0 Å². The Morgan fingerprint density at radius 1 is 1.48 bits per heavy atom. The van der Waals surface area contributed by atoms with Gasteiger partial charge in [-0.05, 0) is 31.8 Å². The molecule has 0 spiro atoms. The Balaban J connectivity index is 1.65. The van der Waals surface area contributed by atoms with E-state index in [1.807, 2.05) is 0 Å². The van der Waals surface area contributed by atoms with E-state index >= 15 is 0 Å². The summed E-state index contributed by atoms with van der Waals surface area (Å²) in [6.45, 7) is 0.753. The zero-order valence-corrected chi connectivity index (χ0v) is 12.9. The zero-order valence-electron chi connectivity index (χ0n) is 12.9. The number of amides is 2. The number of likely N-dealkylation sites (tertiary alicyclic amines) is 1. The predicted molar refractivity (Wildman–Crippen MR) is 76.5 cm³/mol. The van der Waals surface area contributed by atoms with Crippen LogP contribution in [0.5, 0.6) is 0 Å². The third-order valence-corrected chi connectivity index (χ3v) is 3.85. The van der Waals surface area contributed by atoms with Crippen LogP contribution < -0.4 is 5.32 Å². The molecule has 1 fully saturated rings. The average Bonchev–Trinajstić information content (AvgIpc) is 2.97. The topological polar surface area (TPSA) is 77.1 Å². The maximum absolute atomic E-state index is 12.3. The van der Waals surface area contributed by atoms with Crippen LogP contribution in [0.2, 0.25) is 0 Å². The van der Waals surface area contributed by atoms with Gasteiger partial charge in [-0.15, -0.1) is 0 Å².